The average Bonchev–Trinajstić information content (AvgIpc) is 3.41. The summed E-state index contributed by atoms with van der Waals surface area (Å²) in [6.45, 7) is 7.16. The number of aryl methyl sites for hydroxylation is 1. The second-order valence-electron chi connectivity index (χ2n) is 7.20. The number of carbonyl (C=O) groups is 2. The minimum Gasteiger partial charge on any atom is -0.462 e. The molecule has 0 aliphatic heterocycles. The third kappa shape index (κ3) is 5.79. The van der Waals surface area contributed by atoms with Gasteiger partial charge in [-0.2, -0.15) is 5.10 Å². The van der Waals surface area contributed by atoms with Crippen molar-refractivity contribution in [3.05, 3.63) is 64.4 Å². The van der Waals surface area contributed by atoms with Gasteiger partial charge in [0, 0.05) is 24.5 Å². The van der Waals surface area contributed by atoms with E-state index in [4.69, 9.17) is 4.74 Å². The Morgan fingerprint density at radius 1 is 1.16 bits per heavy atom. The van der Waals surface area contributed by atoms with Crippen molar-refractivity contribution in [2.75, 3.05) is 18.1 Å². The highest BCUT2D eigenvalue weighted by Crippen LogP contribution is 2.28. The van der Waals surface area contributed by atoms with E-state index in [9.17, 15) is 9.59 Å². The Balaban J connectivity index is 1.82. The summed E-state index contributed by atoms with van der Waals surface area (Å²) in [6.07, 6.45) is 6.58. The molecule has 0 saturated heterocycles. The lowest BCUT2D eigenvalue weighted by molar-refractivity contribution is 0.0531. The molecule has 2 aromatic heterocycles. The van der Waals surface area contributed by atoms with Gasteiger partial charge in [-0.05, 0) is 44.0 Å². The van der Waals surface area contributed by atoms with Gasteiger partial charge < -0.3 is 4.74 Å². The molecule has 0 radical (unpaired) electrons. The van der Waals surface area contributed by atoms with Crippen molar-refractivity contribution in [3.8, 4) is 0 Å². The summed E-state index contributed by atoms with van der Waals surface area (Å²) in [5.74, 6) is -0.515. The van der Waals surface area contributed by atoms with Gasteiger partial charge in [0.2, 0.25) is 0 Å². The number of esters is 1. The molecule has 7 nitrogen and oxygen atoms in total. The summed E-state index contributed by atoms with van der Waals surface area (Å²) < 4.78 is 6.96. The SMILES string of the molecule is CCCCCN(C(=O)c1ccc(Cn2cccn2)cc1)c1nc(C)c(C(=O)OCC)s1. The van der Waals surface area contributed by atoms with Gasteiger partial charge in [-0.3, -0.25) is 14.4 Å². The van der Waals surface area contributed by atoms with Crippen LogP contribution in [0.4, 0.5) is 5.13 Å². The van der Waals surface area contributed by atoms with E-state index in [0.29, 0.717) is 41.0 Å². The summed E-state index contributed by atoms with van der Waals surface area (Å²) in [4.78, 5) is 32.2. The number of carbonyl (C=O) groups excluding carboxylic acids is 2. The Bertz CT molecular complexity index is 997. The average molecular weight is 441 g/mol. The van der Waals surface area contributed by atoms with Crippen molar-refractivity contribution in [1.82, 2.24) is 14.8 Å². The number of ether oxygens (including phenoxy) is 1. The van der Waals surface area contributed by atoms with Crippen LogP contribution in [0.2, 0.25) is 0 Å². The van der Waals surface area contributed by atoms with Gasteiger partial charge >= 0.3 is 5.97 Å². The summed E-state index contributed by atoms with van der Waals surface area (Å²) in [5.41, 5.74) is 2.24. The molecule has 0 unspecified atom stereocenters. The van der Waals surface area contributed by atoms with E-state index in [0.717, 1.165) is 24.8 Å². The Morgan fingerprint density at radius 2 is 1.94 bits per heavy atom. The Morgan fingerprint density at radius 3 is 2.58 bits per heavy atom. The molecule has 0 spiro atoms. The monoisotopic (exact) mass is 440 g/mol. The Labute approximate surface area is 186 Å². The number of hydrogen-bond donors (Lipinski definition) is 0. The van der Waals surface area contributed by atoms with Crippen molar-refractivity contribution in [1.29, 1.82) is 0 Å². The zero-order valence-corrected chi connectivity index (χ0v) is 19.0. The standard InChI is InChI=1S/C23H28N4O3S/c1-4-6-7-15-27(23-25-17(3)20(31-23)22(29)30-5-2)21(28)19-11-9-18(10-12-19)16-26-14-8-13-24-26/h8-14H,4-7,15-16H2,1-3H3. The lowest BCUT2D eigenvalue weighted by Gasteiger charge is -2.20. The molecule has 0 saturated carbocycles. The number of benzene rings is 1. The molecule has 0 atom stereocenters. The minimum atomic E-state index is -0.396. The molecule has 0 N–H and O–H groups in total. The quantitative estimate of drug-likeness (QED) is 0.337. The number of unbranched alkanes of at least 4 members (excludes halogenated alkanes) is 2. The molecular formula is C23H28N4O3S. The van der Waals surface area contributed by atoms with Crippen molar-refractivity contribution >= 4 is 28.3 Å². The molecule has 0 bridgehead atoms. The molecule has 31 heavy (non-hydrogen) atoms. The van der Waals surface area contributed by atoms with Crippen molar-refractivity contribution in [2.24, 2.45) is 0 Å². The first-order chi connectivity index (χ1) is 15.0. The molecule has 1 amide bonds. The molecule has 0 fully saturated rings. The lowest BCUT2D eigenvalue weighted by Crippen LogP contribution is -2.32. The van der Waals surface area contributed by atoms with Crippen molar-refractivity contribution < 1.29 is 14.3 Å². The second-order valence-corrected chi connectivity index (χ2v) is 8.17. The van der Waals surface area contributed by atoms with Crippen LogP contribution in [0.5, 0.6) is 0 Å². The zero-order chi connectivity index (χ0) is 22.2. The molecular weight excluding hydrogens is 412 g/mol. The van der Waals surface area contributed by atoms with Crippen LogP contribution in [0.25, 0.3) is 0 Å². The maximum atomic E-state index is 13.3. The highest BCUT2D eigenvalue weighted by Gasteiger charge is 2.24. The predicted octanol–water partition coefficient (Wildman–Crippen LogP) is 4.71. The van der Waals surface area contributed by atoms with Crippen LogP contribution in [-0.4, -0.2) is 39.8 Å². The first kappa shape index (κ1) is 22.7. The van der Waals surface area contributed by atoms with Gasteiger partial charge in [0.1, 0.15) is 4.88 Å². The van der Waals surface area contributed by atoms with Gasteiger partial charge in [-0.25, -0.2) is 9.78 Å². The van der Waals surface area contributed by atoms with Gasteiger partial charge in [0.15, 0.2) is 5.13 Å². The smallest absolute Gasteiger partial charge is 0.350 e. The molecule has 1 aromatic carbocycles. The fraction of sp³-hybridized carbons (Fsp3) is 0.391. The largest absolute Gasteiger partial charge is 0.462 e. The molecule has 0 aliphatic rings. The number of aromatic nitrogens is 3. The van der Waals surface area contributed by atoms with E-state index in [-0.39, 0.29) is 5.91 Å². The summed E-state index contributed by atoms with van der Waals surface area (Å²) >= 11 is 1.21. The van der Waals surface area contributed by atoms with Gasteiger partial charge in [0.25, 0.3) is 5.91 Å². The van der Waals surface area contributed by atoms with E-state index in [1.165, 1.54) is 11.3 Å². The van der Waals surface area contributed by atoms with Crippen LogP contribution in [0, 0.1) is 6.92 Å². The zero-order valence-electron chi connectivity index (χ0n) is 18.2. The molecule has 3 rings (SSSR count). The van der Waals surface area contributed by atoms with Crippen LogP contribution in [0.15, 0.2) is 42.7 Å². The highest BCUT2D eigenvalue weighted by molar-refractivity contribution is 7.17. The van der Waals surface area contributed by atoms with Crippen molar-refractivity contribution in [2.45, 2.75) is 46.6 Å². The van der Waals surface area contributed by atoms with Crippen molar-refractivity contribution in [3.63, 3.8) is 0 Å². The fourth-order valence-corrected chi connectivity index (χ4v) is 4.16. The van der Waals surface area contributed by atoms with E-state index >= 15 is 0 Å². The van der Waals surface area contributed by atoms with E-state index < -0.39 is 5.97 Å². The lowest BCUT2D eigenvalue weighted by atomic mass is 10.1. The topological polar surface area (TPSA) is 77.3 Å². The summed E-state index contributed by atoms with van der Waals surface area (Å²) in [5, 5.41) is 4.74. The highest BCUT2D eigenvalue weighted by atomic mass is 32.1. The maximum Gasteiger partial charge on any atom is 0.350 e. The number of thiazole rings is 1. The first-order valence-electron chi connectivity index (χ1n) is 10.6. The molecule has 164 valence electrons. The first-order valence-corrected chi connectivity index (χ1v) is 11.4. The van der Waals surface area contributed by atoms with Crippen LogP contribution in [0.3, 0.4) is 0 Å². The van der Waals surface area contributed by atoms with Gasteiger partial charge in [-0.15, -0.1) is 0 Å². The summed E-state index contributed by atoms with van der Waals surface area (Å²) in [7, 11) is 0. The maximum absolute atomic E-state index is 13.3. The third-order valence-electron chi connectivity index (χ3n) is 4.81. The minimum absolute atomic E-state index is 0.120. The number of anilines is 1. The molecule has 8 heteroatoms. The van der Waals surface area contributed by atoms with E-state index in [2.05, 4.69) is 17.0 Å². The van der Waals surface area contributed by atoms with E-state index in [1.807, 2.05) is 41.2 Å². The van der Waals surface area contributed by atoms with Crippen LogP contribution < -0.4 is 4.90 Å². The van der Waals surface area contributed by atoms with Crippen LogP contribution in [-0.2, 0) is 11.3 Å². The summed E-state index contributed by atoms with van der Waals surface area (Å²) in [6, 6.07) is 9.43. The normalized spacial score (nSPS) is 10.8. The Kier molecular flexibility index (Phi) is 7.94. The third-order valence-corrected chi connectivity index (χ3v) is 5.97. The number of rotatable bonds is 10. The number of amides is 1. The molecule has 2 heterocycles. The van der Waals surface area contributed by atoms with Crippen LogP contribution >= 0.6 is 11.3 Å². The fourth-order valence-electron chi connectivity index (χ4n) is 3.18. The predicted molar refractivity (Wildman–Crippen MR) is 122 cm³/mol. The Hall–Kier alpha value is -3.00. The van der Waals surface area contributed by atoms with E-state index in [1.54, 1.807) is 24.9 Å². The molecule has 3 aromatic rings. The van der Waals surface area contributed by atoms with Gasteiger partial charge in [0.05, 0.1) is 18.8 Å². The molecule has 0 aliphatic carbocycles. The second kappa shape index (κ2) is 10.9. The van der Waals surface area contributed by atoms with Crippen LogP contribution in [0.1, 0.15) is 64.4 Å². The number of nitrogens with zero attached hydrogens (tertiary/aromatic N) is 4. The number of hydrogen-bond acceptors (Lipinski definition) is 6. The van der Waals surface area contributed by atoms with Gasteiger partial charge in [-0.1, -0.05) is 43.2 Å².